The highest BCUT2D eigenvalue weighted by atomic mass is 32.1. The standard InChI is InChI=1S/C21H28N4S/c1-12-15-8-17(10-21(12,4)5)25(11-15)20(26)24-16-6-7-18-19(9-16)23-14(3)13(2)22-18/h6-7,9,12,15,17H,8,10-11H2,1-5H3,(H,24,26)/t12-,15+,17+/m1/s1. The lowest BCUT2D eigenvalue weighted by Gasteiger charge is -2.41. The van der Waals surface area contributed by atoms with E-state index in [0.29, 0.717) is 11.5 Å². The van der Waals surface area contributed by atoms with Crippen LogP contribution in [-0.2, 0) is 0 Å². The van der Waals surface area contributed by atoms with E-state index in [0.717, 1.165) is 51.6 Å². The number of aromatic nitrogens is 2. The molecule has 1 N–H and O–H groups in total. The zero-order chi connectivity index (χ0) is 18.6. The van der Waals surface area contributed by atoms with Crippen molar-refractivity contribution in [3.63, 3.8) is 0 Å². The minimum atomic E-state index is 0.395. The molecule has 0 spiro atoms. The van der Waals surface area contributed by atoms with Gasteiger partial charge in [0, 0.05) is 18.3 Å². The predicted molar refractivity (Wildman–Crippen MR) is 111 cm³/mol. The maximum Gasteiger partial charge on any atom is 0.173 e. The third-order valence-electron chi connectivity index (χ3n) is 6.74. The summed E-state index contributed by atoms with van der Waals surface area (Å²) < 4.78 is 0. The lowest BCUT2D eigenvalue weighted by molar-refractivity contribution is 0.107. The van der Waals surface area contributed by atoms with Gasteiger partial charge in [-0.2, -0.15) is 0 Å². The van der Waals surface area contributed by atoms with Gasteiger partial charge in [-0.1, -0.05) is 20.8 Å². The number of thiocarbonyl (C=S) groups is 1. The van der Waals surface area contributed by atoms with Crippen molar-refractivity contribution in [1.29, 1.82) is 0 Å². The molecular weight excluding hydrogens is 340 g/mol. The Balaban J connectivity index is 1.54. The van der Waals surface area contributed by atoms with Gasteiger partial charge in [0.2, 0.25) is 0 Å². The van der Waals surface area contributed by atoms with Gasteiger partial charge in [0.05, 0.1) is 22.4 Å². The number of hydrogen-bond donors (Lipinski definition) is 1. The highest BCUT2D eigenvalue weighted by Crippen LogP contribution is 2.49. The van der Waals surface area contributed by atoms with E-state index in [1.165, 1.54) is 12.8 Å². The van der Waals surface area contributed by atoms with Crippen molar-refractivity contribution < 1.29 is 0 Å². The fraction of sp³-hybridized carbons (Fsp3) is 0.571. The van der Waals surface area contributed by atoms with Crippen molar-refractivity contribution in [2.75, 3.05) is 11.9 Å². The fourth-order valence-corrected chi connectivity index (χ4v) is 5.03. The molecule has 1 aliphatic heterocycles. The van der Waals surface area contributed by atoms with Gasteiger partial charge in [-0.25, -0.2) is 9.97 Å². The van der Waals surface area contributed by atoms with Crippen molar-refractivity contribution in [3.8, 4) is 0 Å². The Labute approximate surface area is 161 Å². The Morgan fingerprint density at radius 3 is 2.62 bits per heavy atom. The van der Waals surface area contributed by atoms with Crippen LogP contribution in [0, 0.1) is 31.1 Å². The summed E-state index contributed by atoms with van der Waals surface area (Å²) in [6, 6.07) is 6.69. The average Bonchev–Trinajstić information content (AvgIpc) is 2.94. The van der Waals surface area contributed by atoms with Crippen LogP contribution in [0.15, 0.2) is 18.2 Å². The van der Waals surface area contributed by atoms with Gasteiger partial charge in [0.15, 0.2) is 5.11 Å². The summed E-state index contributed by atoms with van der Waals surface area (Å²) in [6.07, 6.45) is 2.49. The molecular formula is C21H28N4S. The first-order valence-corrected chi connectivity index (χ1v) is 9.98. The highest BCUT2D eigenvalue weighted by Gasteiger charge is 2.48. The molecule has 1 saturated heterocycles. The second-order valence-electron chi connectivity index (χ2n) is 8.81. The number of fused-ring (bicyclic) bond motifs is 3. The van der Waals surface area contributed by atoms with E-state index in [9.17, 15) is 0 Å². The van der Waals surface area contributed by atoms with Crippen molar-refractivity contribution in [2.45, 2.75) is 53.5 Å². The van der Waals surface area contributed by atoms with Crippen molar-refractivity contribution in [3.05, 3.63) is 29.6 Å². The van der Waals surface area contributed by atoms with Gasteiger partial charge in [-0.15, -0.1) is 0 Å². The molecule has 2 aromatic rings. The van der Waals surface area contributed by atoms with Crippen LogP contribution in [0.1, 0.15) is 45.0 Å². The van der Waals surface area contributed by atoms with Gasteiger partial charge in [-0.05, 0) is 74.4 Å². The smallest absolute Gasteiger partial charge is 0.173 e. The van der Waals surface area contributed by atoms with Crippen LogP contribution in [0.25, 0.3) is 11.0 Å². The molecule has 0 amide bonds. The van der Waals surface area contributed by atoms with Gasteiger partial charge in [0.1, 0.15) is 0 Å². The lowest BCUT2D eigenvalue weighted by atomic mass is 9.65. The summed E-state index contributed by atoms with van der Waals surface area (Å²) in [4.78, 5) is 11.7. The highest BCUT2D eigenvalue weighted by molar-refractivity contribution is 7.80. The summed E-state index contributed by atoms with van der Waals surface area (Å²) in [5.41, 5.74) is 5.18. The molecule has 1 aromatic carbocycles. The van der Waals surface area contributed by atoms with E-state index in [-0.39, 0.29) is 0 Å². The molecule has 0 radical (unpaired) electrons. The van der Waals surface area contributed by atoms with Crippen LogP contribution in [0.3, 0.4) is 0 Å². The fourth-order valence-electron chi connectivity index (χ4n) is 4.69. The number of aryl methyl sites for hydroxylation is 2. The van der Waals surface area contributed by atoms with Crippen LogP contribution in [0.2, 0.25) is 0 Å². The molecule has 4 rings (SSSR count). The molecule has 2 heterocycles. The third-order valence-corrected chi connectivity index (χ3v) is 7.07. The molecule has 1 aromatic heterocycles. The molecule has 3 atom stereocenters. The molecule has 4 nitrogen and oxygen atoms in total. The van der Waals surface area contributed by atoms with Gasteiger partial charge in [-0.3, -0.25) is 0 Å². The molecule has 26 heavy (non-hydrogen) atoms. The van der Waals surface area contributed by atoms with Crippen LogP contribution >= 0.6 is 12.2 Å². The Morgan fingerprint density at radius 2 is 1.88 bits per heavy atom. The molecule has 138 valence electrons. The maximum absolute atomic E-state index is 5.78. The summed E-state index contributed by atoms with van der Waals surface area (Å²) in [5, 5.41) is 4.30. The number of hydrogen-bond acceptors (Lipinski definition) is 3. The van der Waals surface area contributed by atoms with Crippen LogP contribution in [0.4, 0.5) is 5.69 Å². The summed E-state index contributed by atoms with van der Waals surface area (Å²) >= 11 is 5.78. The first-order valence-electron chi connectivity index (χ1n) is 9.57. The van der Waals surface area contributed by atoms with Gasteiger partial charge in [0.25, 0.3) is 0 Å². The molecule has 1 saturated carbocycles. The van der Waals surface area contributed by atoms with Crippen LogP contribution < -0.4 is 5.32 Å². The van der Waals surface area contributed by atoms with Crippen molar-refractivity contribution in [2.24, 2.45) is 17.3 Å². The minimum absolute atomic E-state index is 0.395. The molecule has 1 aliphatic carbocycles. The van der Waals surface area contributed by atoms with Crippen molar-refractivity contribution in [1.82, 2.24) is 14.9 Å². The zero-order valence-electron chi connectivity index (χ0n) is 16.3. The quantitative estimate of drug-likeness (QED) is 0.739. The first kappa shape index (κ1) is 17.7. The van der Waals surface area contributed by atoms with E-state index in [1.807, 2.05) is 26.0 Å². The SMILES string of the molecule is Cc1nc2ccc(NC(=S)N3C[C@@H]4C[C@H]3CC(C)(C)[C@@H]4C)cc2nc1C. The molecule has 2 aliphatic rings. The van der Waals surface area contributed by atoms with Gasteiger partial charge >= 0.3 is 0 Å². The van der Waals surface area contributed by atoms with E-state index in [2.05, 4.69) is 47.0 Å². The number of likely N-dealkylation sites (tertiary alicyclic amines) is 1. The predicted octanol–water partition coefficient (Wildman–Crippen LogP) is 4.70. The second-order valence-corrected chi connectivity index (χ2v) is 9.20. The molecule has 2 fully saturated rings. The second kappa shape index (κ2) is 6.15. The zero-order valence-corrected chi connectivity index (χ0v) is 17.2. The summed E-state index contributed by atoms with van der Waals surface area (Å²) in [6.45, 7) is 12.3. The van der Waals surface area contributed by atoms with Gasteiger partial charge < -0.3 is 10.2 Å². The number of rotatable bonds is 1. The maximum atomic E-state index is 5.78. The van der Waals surface area contributed by atoms with E-state index in [1.54, 1.807) is 0 Å². The lowest BCUT2D eigenvalue weighted by Crippen LogP contribution is -2.41. The Hall–Kier alpha value is -1.75. The molecule has 0 unspecified atom stereocenters. The summed E-state index contributed by atoms with van der Waals surface area (Å²) in [5.74, 6) is 1.49. The van der Waals surface area contributed by atoms with E-state index < -0.39 is 0 Å². The van der Waals surface area contributed by atoms with Crippen molar-refractivity contribution >= 4 is 34.1 Å². The largest absolute Gasteiger partial charge is 0.346 e. The van der Waals surface area contributed by atoms with Crippen LogP contribution in [-0.4, -0.2) is 32.6 Å². The monoisotopic (exact) mass is 368 g/mol. The third kappa shape index (κ3) is 2.96. The number of benzene rings is 1. The number of nitrogens with one attached hydrogen (secondary N) is 1. The molecule has 5 heteroatoms. The topological polar surface area (TPSA) is 41.1 Å². The Morgan fingerprint density at radius 1 is 1.19 bits per heavy atom. The minimum Gasteiger partial charge on any atom is -0.346 e. The number of anilines is 1. The first-order chi connectivity index (χ1) is 12.2. The van der Waals surface area contributed by atoms with E-state index in [4.69, 9.17) is 12.2 Å². The van der Waals surface area contributed by atoms with E-state index >= 15 is 0 Å². The Kier molecular flexibility index (Phi) is 4.18. The Bertz CT molecular complexity index is 876. The average molecular weight is 369 g/mol. The summed E-state index contributed by atoms with van der Waals surface area (Å²) in [7, 11) is 0. The van der Waals surface area contributed by atoms with Crippen LogP contribution in [0.5, 0.6) is 0 Å². The molecule has 2 bridgehead atoms. The normalized spacial score (nSPS) is 27.0. The number of nitrogens with zero attached hydrogens (tertiary/aromatic N) is 3.